The van der Waals surface area contributed by atoms with E-state index in [9.17, 15) is 0 Å². The lowest BCUT2D eigenvalue weighted by Gasteiger charge is -2.47. The van der Waals surface area contributed by atoms with Gasteiger partial charge in [-0.1, -0.05) is 12.1 Å². The van der Waals surface area contributed by atoms with Crippen molar-refractivity contribution in [3.05, 3.63) is 33.4 Å². The fraction of sp³-hybridized carbons (Fsp3) is 0.571. The summed E-state index contributed by atoms with van der Waals surface area (Å²) in [4.78, 5) is 2.39. The fourth-order valence-electron chi connectivity index (χ4n) is 2.41. The van der Waals surface area contributed by atoms with E-state index in [1.807, 2.05) is 0 Å². The van der Waals surface area contributed by atoms with E-state index >= 15 is 0 Å². The SMILES string of the molecule is CN(C)C1(CNCc2ccc(I)cc2)CCC1. The van der Waals surface area contributed by atoms with E-state index in [0.29, 0.717) is 5.54 Å². The van der Waals surface area contributed by atoms with Gasteiger partial charge in [-0.05, 0) is 73.6 Å². The molecule has 3 heteroatoms. The molecule has 1 aliphatic rings. The third-order valence-corrected chi connectivity index (χ3v) is 4.65. The Kier molecular flexibility index (Phi) is 4.44. The third kappa shape index (κ3) is 3.20. The quantitative estimate of drug-likeness (QED) is 0.827. The predicted octanol–water partition coefficient (Wildman–Crippen LogP) is 2.87. The number of hydrogen-bond donors (Lipinski definition) is 1. The summed E-state index contributed by atoms with van der Waals surface area (Å²) >= 11 is 2.34. The van der Waals surface area contributed by atoms with Gasteiger partial charge in [-0.2, -0.15) is 0 Å². The number of hydrogen-bond acceptors (Lipinski definition) is 2. The minimum absolute atomic E-state index is 0.420. The van der Waals surface area contributed by atoms with Crippen LogP contribution in [0.15, 0.2) is 24.3 Å². The summed E-state index contributed by atoms with van der Waals surface area (Å²) in [7, 11) is 4.40. The van der Waals surface area contributed by atoms with Gasteiger partial charge in [0.1, 0.15) is 0 Å². The van der Waals surface area contributed by atoms with Gasteiger partial charge in [-0.15, -0.1) is 0 Å². The Bertz CT molecular complexity index is 355. The van der Waals surface area contributed by atoms with Gasteiger partial charge in [0.05, 0.1) is 0 Å². The van der Waals surface area contributed by atoms with Crippen molar-refractivity contribution in [3.8, 4) is 0 Å². The van der Waals surface area contributed by atoms with Crippen LogP contribution in [0.2, 0.25) is 0 Å². The molecule has 0 atom stereocenters. The van der Waals surface area contributed by atoms with Crippen LogP contribution in [-0.4, -0.2) is 31.1 Å². The summed E-state index contributed by atoms with van der Waals surface area (Å²) in [5, 5.41) is 3.60. The molecule has 17 heavy (non-hydrogen) atoms. The van der Waals surface area contributed by atoms with Crippen molar-refractivity contribution in [3.63, 3.8) is 0 Å². The number of rotatable bonds is 5. The second-order valence-corrected chi connectivity index (χ2v) is 6.45. The molecule has 1 saturated carbocycles. The first kappa shape index (κ1) is 13.3. The first-order chi connectivity index (χ1) is 8.12. The van der Waals surface area contributed by atoms with E-state index in [1.165, 1.54) is 28.4 Å². The maximum atomic E-state index is 3.60. The van der Waals surface area contributed by atoms with Crippen LogP contribution < -0.4 is 5.32 Å². The lowest BCUT2D eigenvalue weighted by atomic mass is 9.75. The topological polar surface area (TPSA) is 15.3 Å². The molecule has 0 bridgehead atoms. The van der Waals surface area contributed by atoms with Crippen LogP contribution >= 0.6 is 22.6 Å². The van der Waals surface area contributed by atoms with Crippen molar-refractivity contribution in [2.24, 2.45) is 0 Å². The average Bonchev–Trinajstić information content (AvgIpc) is 2.24. The molecule has 1 aromatic rings. The Balaban J connectivity index is 1.81. The first-order valence-electron chi connectivity index (χ1n) is 6.25. The number of likely N-dealkylation sites (N-methyl/N-ethyl adjacent to an activating group) is 1. The van der Waals surface area contributed by atoms with Gasteiger partial charge < -0.3 is 10.2 Å². The van der Waals surface area contributed by atoms with E-state index in [4.69, 9.17) is 0 Å². The number of nitrogens with one attached hydrogen (secondary N) is 1. The molecule has 1 aromatic carbocycles. The lowest BCUT2D eigenvalue weighted by molar-refractivity contribution is 0.0598. The van der Waals surface area contributed by atoms with Gasteiger partial charge in [-0.25, -0.2) is 0 Å². The highest BCUT2D eigenvalue weighted by molar-refractivity contribution is 14.1. The van der Waals surface area contributed by atoms with Crippen LogP contribution in [0.4, 0.5) is 0 Å². The summed E-state index contributed by atoms with van der Waals surface area (Å²) in [6, 6.07) is 8.75. The van der Waals surface area contributed by atoms with Gasteiger partial charge >= 0.3 is 0 Å². The molecule has 0 amide bonds. The Labute approximate surface area is 118 Å². The standard InChI is InChI=1S/C14H21IN2/c1-17(2)14(8-3-9-14)11-16-10-12-4-6-13(15)7-5-12/h4-7,16H,3,8-11H2,1-2H3. The van der Waals surface area contributed by atoms with Crippen LogP contribution in [0.5, 0.6) is 0 Å². The van der Waals surface area contributed by atoms with E-state index in [2.05, 4.69) is 71.2 Å². The van der Waals surface area contributed by atoms with E-state index in [1.54, 1.807) is 0 Å². The molecule has 2 rings (SSSR count). The molecule has 0 radical (unpaired) electrons. The van der Waals surface area contributed by atoms with Crippen molar-refractivity contribution >= 4 is 22.6 Å². The molecule has 1 aliphatic carbocycles. The normalized spacial score (nSPS) is 18.1. The average molecular weight is 344 g/mol. The Morgan fingerprint density at radius 3 is 2.35 bits per heavy atom. The van der Waals surface area contributed by atoms with Crippen molar-refractivity contribution in [2.75, 3.05) is 20.6 Å². The molecule has 94 valence electrons. The molecule has 0 unspecified atom stereocenters. The zero-order valence-electron chi connectivity index (χ0n) is 10.7. The van der Waals surface area contributed by atoms with Gasteiger partial charge in [0.25, 0.3) is 0 Å². The minimum Gasteiger partial charge on any atom is -0.311 e. The van der Waals surface area contributed by atoms with Gasteiger partial charge in [0.15, 0.2) is 0 Å². The van der Waals surface area contributed by atoms with Crippen LogP contribution in [0, 0.1) is 3.57 Å². The fourth-order valence-corrected chi connectivity index (χ4v) is 2.77. The van der Waals surface area contributed by atoms with Crippen molar-refractivity contribution in [2.45, 2.75) is 31.3 Å². The smallest absolute Gasteiger partial charge is 0.0328 e. The van der Waals surface area contributed by atoms with Crippen molar-refractivity contribution in [1.29, 1.82) is 0 Å². The first-order valence-corrected chi connectivity index (χ1v) is 7.33. The van der Waals surface area contributed by atoms with E-state index in [0.717, 1.165) is 13.1 Å². The summed E-state index contributed by atoms with van der Waals surface area (Å²) in [6.07, 6.45) is 4.04. The molecule has 0 saturated heterocycles. The highest BCUT2D eigenvalue weighted by atomic mass is 127. The highest BCUT2D eigenvalue weighted by Gasteiger charge is 2.38. The number of nitrogens with zero attached hydrogens (tertiary/aromatic N) is 1. The zero-order chi connectivity index (χ0) is 12.3. The van der Waals surface area contributed by atoms with Crippen molar-refractivity contribution in [1.82, 2.24) is 10.2 Å². The molecular formula is C14H21IN2. The van der Waals surface area contributed by atoms with Crippen LogP contribution in [0.3, 0.4) is 0 Å². The summed E-state index contributed by atoms with van der Waals surface area (Å²) in [6.45, 7) is 2.08. The van der Waals surface area contributed by atoms with Gasteiger partial charge in [0.2, 0.25) is 0 Å². The Morgan fingerprint density at radius 1 is 1.24 bits per heavy atom. The number of benzene rings is 1. The van der Waals surface area contributed by atoms with E-state index < -0.39 is 0 Å². The maximum absolute atomic E-state index is 3.60. The van der Waals surface area contributed by atoms with Crippen LogP contribution in [0.1, 0.15) is 24.8 Å². The summed E-state index contributed by atoms with van der Waals surface area (Å²) in [5.74, 6) is 0. The zero-order valence-corrected chi connectivity index (χ0v) is 12.8. The monoisotopic (exact) mass is 344 g/mol. The molecule has 0 spiro atoms. The molecule has 1 fully saturated rings. The number of halogens is 1. The lowest BCUT2D eigenvalue weighted by Crippen LogP contribution is -2.56. The van der Waals surface area contributed by atoms with Crippen LogP contribution in [0.25, 0.3) is 0 Å². The summed E-state index contributed by atoms with van der Waals surface area (Å²) < 4.78 is 1.30. The maximum Gasteiger partial charge on any atom is 0.0328 e. The van der Waals surface area contributed by atoms with Crippen molar-refractivity contribution < 1.29 is 0 Å². The Hall–Kier alpha value is -0.130. The molecular weight excluding hydrogens is 323 g/mol. The summed E-state index contributed by atoms with van der Waals surface area (Å²) in [5.41, 5.74) is 1.79. The molecule has 0 aliphatic heterocycles. The van der Waals surface area contributed by atoms with Gasteiger partial charge in [-0.3, -0.25) is 0 Å². The molecule has 0 aromatic heterocycles. The van der Waals surface area contributed by atoms with E-state index in [-0.39, 0.29) is 0 Å². The largest absolute Gasteiger partial charge is 0.311 e. The van der Waals surface area contributed by atoms with Gasteiger partial charge in [0, 0.05) is 22.2 Å². The molecule has 0 heterocycles. The Morgan fingerprint density at radius 2 is 1.88 bits per heavy atom. The highest BCUT2D eigenvalue weighted by Crippen LogP contribution is 2.35. The molecule has 1 N–H and O–H groups in total. The third-order valence-electron chi connectivity index (χ3n) is 3.93. The van der Waals surface area contributed by atoms with Crippen LogP contribution in [-0.2, 0) is 6.54 Å². The second-order valence-electron chi connectivity index (χ2n) is 5.20. The second kappa shape index (κ2) is 5.67. The molecule has 2 nitrogen and oxygen atoms in total. The minimum atomic E-state index is 0.420. The predicted molar refractivity (Wildman–Crippen MR) is 81.1 cm³/mol.